The largest absolute Gasteiger partial charge is 0.381 e. The second-order valence-corrected chi connectivity index (χ2v) is 5.42. The second kappa shape index (κ2) is 5.93. The monoisotopic (exact) mass is 269 g/mol. The van der Waals surface area contributed by atoms with Crippen LogP contribution in [0.4, 0.5) is 10.1 Å². The van der Waals surface area contributed by atoms with E-state index >= 15 is 0 Å². The van der Waals surface area contributed by atoms with Crippen molar-refractivity contribution >= 4 is 18.3 Å². The van der Waals surface area contributed by atoms with E-state index < -0.39 is 0 Å². The van der Waals surface area contributed by atoms with Gasteiger partial charge in [-0.15, -0.1) is 0 Å². The first kappa shape index (κ1) is 13.7. The lowest BCUT2D eigenvalue weighted by Crippen LogP contribution is -2.41. The molecule has 0 N–H and O–H groups in total. The van der Waals surface area contributed by atoms with Gasteiger partial charge in [0.1, 0.15) is 5.82 Å². The van der Waals surface area contributed by atoms with Crippen molar-refractivity contribution in [2.75, 3.05) is 37.5 Å². The number of hydrogen-bond acceptors (Lipinski definition) is 3. The first-order valence-electron chi connectivity index (χ1n) is 6.31. The minimum atomic E-state index is -0.189. The maximum atomic E-state index is 13.2. The van der Waals surface area contributed by atoms with E-state index in [2.05, 4.69) is 17.5 Å². The highest BCUT2D eigenvalue weighted by Crippen LogP contribution is 2.33. The van der Waals surface area contributed by atoms with Gasteiger partial charge < -0.3 is 9.64 Å². The first-order valence-corrected chi connectivity index (χ1v) is 6.94. The summed E-state index contributed by atoms with van der Waals surface area (Å²) in [6.45, 7) is 2.50. The molecule has 0 amide bonds. The summed E-state index contributed by atoms with van der Waals surface area (Å²) in [6, 6.07) is 6.73. The number of ether oxygens (including phenoxy) is 1. The van der Waals surface area contributed by atoms with Gasteiger partial charge in [-0.3, -0.25) is 0 Å². The van der Waals surface area contributed by atoms with Crippen LogP contribution in [0.2, 0.25) is 0 Å². The normalized spacial score (nSPS) is 18.6. The Kier molecular flexibility index (Phi) is 4.51. The zero-order chi connectivity index (χ0) is 13.0. The fourth-order valence-electron chi connectivity index (χ4n) is 2.48. The molecule has 1 fully saturated rings. The van der Waals surface area contributed by atoms with Gasteiger partial charge in [0.15, 0.2) is 0 Å². The lowest BCUT2D eigenvalue weighted by atomic mass is 9.81. The molecule has 0 aliphatic carbocycles. The molecule has 0 radical (unpaired) electrons. The summed E-state index contributed by atoms with van der Waals surface area (Å²) in [6.07, 6.45) is 2.05. The van der Waals surface area contributed by atoms with Gasteiger partial charge in [0.25, 0.3) is 0 Å². The topological polar surface area (TPSA) is 12.5 Å². The van der Waals surface area contributed by atoms with Gasteiger partial charge in [-0.05, 0) is 36.8 Å². The molecule has 4 heteroatoms. The molecular weight excluding hydrogens is 249 g/mol. The molecule has 1 aromatic carbocycles. The zero-order valence-corrected chi connectivity index (χ0v) is 11.6. The molecule has 0 unspecified atom stereocenters. The predicted molar refractivity (Wildman–Crippen MR) is 76.0 cm³/mol. The maximum absolute atomic E-state index is 13.2. The number of nitrogens with zero attached hydrogens (tertiary/aromatic N) is 1. The van der Waals surface area contributed by atoms with Gasteiger partial charge in [0, 0.05) is 37.9 Å². The van der Waals surface area contributed by atoms with Gasteiger partial charge in [-0.1, -0.05) is 6.07 Å². The van der Waals surface area contributed by atoms with Gasteiger partial charge in [-0.2, -0.15) is 12.6 Å². The van der Waals surface area contributed by atoms with Crippen LogP contribution in [0.3, 0.4) is 0 Å². The Morgan fingerprint density at radius 1 is 1.39 bits per heavy atom. The second-order valence-electron chi connectivity index (χ2n) is 5.11. The van der Waals surface area contributed by atoms with Crippen LogP contribution >= 0.6 is 12.6 Å². The van der Waals surface area contributed by atoms with E-state index in [0.717, 1.165) is 44.0 Å². The highest BCUT2D eigenvalue weighted by molar-refractivity contribution is 7.80. The summed E-state index contributed by atoms with van der Waals surface area (Å²) in [5.74, 6) is 0.655. The highest BCUT2D eigenvalue weighted by Gasteiger charge is 2.32. The van der Waals surface area contributed by atoms with E-state index in [4.69, 9.17) is 4.74 Å². The predicted octanol–water partition coefficient (Wildman–Crippen LogP) is 2.99. The van der Waals surface area contributed by atoms with Crippen LogP contribution in [0, 0.1) is 11.2 Å². The lowest BCUT2D eigenvalue weighted by Gasteiger charge is -2.39. The summed E-state index contributed by atoms with van der Waals surface area (Å²) < 4.78 is 18.6. The van der Waals surface area contributed by atoms with Crippen molar-refractivity contribution in [3.8, 4) is 0 Å². The third-order valence-corrected chi connectivity index (χ3v) is 4.38. The van der Waals surface area contributed by atoms with Crippen LogP contribution in [0.15, 0.2) is 24.3 Å². The number of rotatable bonds is 4. The maximum Gasteiger partial charge on any atom is 0.125 e. The summed E-state index contributed by atoms with van der Waals surface area (Å²) in [4.78, 5) is 2.12. The summed E-state index contributed by atoms with van der Waals surface area (Å²) in [5, 5.41) is 0. The fraction of sp³-hybridized carbons (Fsp3) is 0.571. The third kappa shape index (κ3) is 3.18. The van der Waals surface area contributed by atoms with Crippen LogP contribution in [0.5, 0.6) is 0 Å². The summed E-state index contributed by atoms with van der Waals surface area (Å²) in [7, 11) is 2.01. The van der Waals surface area contributed by atoms with E-state index in [9.17, 15) is 4.39 Å². The van der Waals surface area contributed by atoms with Crippen molar-refractivity contribution in [1.29, 1.82) is 0 Å². The van der Waals surface area contributed by atoms with Gasteiger partial charge in [-0.25, -0.2) is 4.39 Å². The number of thiol groups is 1. The molecule has 18 heavy (non-hydrogen) atoms. The molecule has 2 rings (SSSR count). The van der Waals surface area contributed by atoms with E-state index in [1.807, 2.05) is 13.1 Å². The quantitative estimate of drug-likeness (QED) is 0.844. The van der Waals surface area contributed by atoms with Crippen LogP contribution < -0.4 is 4.90 Å². The molecule has 0 saturated carbocycles. The number of anilines is 1. The zero-order valence-electron chi connectivity index (χ0n) is 10.7. The van der Waals surface area contributed by atoms with E-state index in [-0.39, 0.29) is 11.2 Å². The Bertz CT molecular complexity index is 393. The fourth-order valence-corrected chi connectivity index (χ4v) is 2.89. The van der Waals surface area contributed by atoms with Crippen LogP contribution in [0.1, 0.15) is 12.8 Å². The Labute approximate surface area is 114 Å². The molecule has 0 atom stereocenters. The molecular formula is C14H20FNOS. The molecule has 1 heterocycles. The Morgan fingerprint density at radius 2 is 2.11 bits per heavy atom. The van der Waals surface area contributed by atoms with Crippen molar-refractivity contribution in [2.24, 2.45) is 5.41 Å². The van der Waals surface area contributed by atoms with Crippen LogP contribution in [0.25, 0.3) is 0 Å². The van der Waals surface area contributed by atoms with E-state index in [1.165, 1.54) is 6.07 Å². The number of hydrogen-bond donors (Lipinski definition) is 1. The molecule has 0 spiro atoms. The molecule has 1 aliphatic rings. The summed E-state index contributed by atoms with van der Waals surface area (Å²) in [5.41, 5.74) is 1.10. The molecule has 100 valence electrons. The highest BCUT2D eigenvalue weighted by atomic mass is 32.1. The van der Waals surface area contributed by atoms with Crippen molar-refractivity contribution in [3.63, 3.8) is 0 Å². The molecule has 0 bridgehead atoms. The van der Waals surface area contributed by atoms with E-state index in [1.54, 1.807) is 12.1 Å². The number of benzene rings is 1. The number of halogens is 1. The van der Waals surface area contributed by atoms with Gasteiger partial charge in [0.05, 0.1) is 0 Å². The smallest absolute Gasteiger partial charge is 0.125 e. The molecule has 1 saturated heterocycles. The first-order chi connectivity index (χ1) is 8.65. The molecule has 0 aromatic heterocycles. The van der Waals surface area contributed by atoms with Crippen molar-refractivity contribution in [2.45, 2.75) is 12.8 Å². The molecule has 2 nitrogen and oxygen atoms in total. The van der Waals surface area contributed by atoms with Gasteiger partial charge in [0.2, 0.25) is 0 Å². The van der Waals surface area contributed by atoms with Crippen molar-refractivity contribution in [3.05, 3.63) is 30.1 Å². The Morgan fingerprint density at radius 3 is 2.72 bits per heavy atom. The minimum absolute atomic E-state index is 0.183. The Hall–Kier alpha value is -0.740. The SMILES string of the molecule is CN(CC1(CS)CCOCC1)c1cccc(F)c1. The van der Waals surface area contributed by atoms with Crippen LogP contribution in [-0.2, 0) is 4.74 Å². The van der Waals surface area contributed by atoms with Crippen LogP contribution in [-0.4, -0.2) is 32.6 Å². The lowest BCUT2D eigenvalue weighted by molar-refractivity contribution is 0.0301. The minimum Gasteiger partial charge on any atom is -0.381 e. The van der Waals surface area contributed by atoms with Crippen molar-refractivity contribution in [1.82, 2.24) is 0 Å². The third-order valence-electron chi connectivity index (χ3n) is 3.71. The van der Waals surface area contributed by atoms with Crippen molar-refractivity contribution < 1.29 is 9.13 Å². The average molecular weight is 269 g/mol. The van der Waals surface area contributed by atoms with Gasteiger partial charge >= 0.3 is 0 Å². The Balaban J connectivity index is 2.07. The molecule has 1 aromatic rings. The summed E-state index contributed by atoms with van der Waals surface area (Å²) >= 11 is 4.50. The average Bonchev–Trinajstić information content (AvgIpc) is 2.40. The van der Waals surface area contributed by atoms with E-state index in [0.29, 0.717) is 0 Å². The molecule has 1 aliphatic heterocycles. The standard InChI is InChI=1S/C14H20FNOS/c1-16(13-4-2-3-12(15)9-13)10-14(11-18)5-7-17-8-6-14/h2-4,9,18H,5-8,10-11H2,1H3.